The predicted octanol–water partition coefficient (Wildman–Crippen LogP) is 3.72. The van der Waals surface area contributed by atoms with Crippen molar-refractivity contribution in [2.75, 3.05) is 0 Å². The van der Waals surface area contributed by atoms with Crippen LogP contribution in [0.25, 0.3) is 0 Å². The molecule has 0 aliphatic carbocycles. The molecule has 0 saturated heterocycles. The highest BCUT2D eigenvalue weighted by Gasteiger charge is 2.04. The first kappa shape index (κ1) is 14.4. The highest BCUT2D eigenvalue weighted by molar-refractivity contribution is 5.27. The maximum Gasteiger partial charge on any atom is 0.387 e. The Morgan fingerprint density at radius 1 is 0.950 bits per heavy atom. The number of ether oxygens (including phenoxy) is 1. The molecule has 1 N–H and O–H groups in total. The third-order valence-electron chi connectivity index (χ3n) is 2.75. The zero-order chi connectivity index (χ0) is 14.4. The van der Waals surface area contributed by atoms with Gasteiger partial charge in [0.05, 0.1) is 0 Å². The number of halogens is 3. The van der Waals surface area contributed by atoms with Crippen LogP contribution in [-0.2, 0) is 13.1 Å². The number of nitrogens with one attached hydrogen (secondary N) is 1. The van der Waals surface area contributed by atoms with Crippen molar-refractivity contribution >= 4 is 0 Å². The van der Waals surface area contributed by atoms with Crippen LogP contribution in [0.1, 0.15) is 11.1 Å². The summed E-state index contributed by atoms with van der Waals surface area (Å²) < 4.78 is 41.6. The molecule has 0 bridgehead atoms. The Kier molecular flexibility index (Phi) is 5.01. The van der Waals surface area contributed by atoms with Crippen LogP contribution in [0.3, 0.4) is 0 Å². The van der Waals surface area contributed by atoms with E-state index in [9.17, 15) is 13.2 Å². The minimum absolute atomic E-state index is 0.123. The van der Waals surface area contributed by atoms with Crippen LogP contribution >= 0.6 is 0 Å². The number of alkyl halides is 2. The van der Waals surface area contributed by atoms with Crippen molar-refractivity contribution in [2.24, 2.45) is 0 Å². The van der Waals surface area contributed by atoms with Gasteiger partial charge in [0.2, 0.25) is 0 Å². The fourth-order valence-corrected chi connectivity index (χ4v) is 1.77. The molecular weight excluding hydrogens is 267 g/mol. The van der Waals surface area contributed by atoms with Gasteiger partial charge in [-0.15, -0.1) is 0 Å². The molecule has 0 amide bonds. The standard InChI is InChI=1S/C15H14F3NO/c16-14-4-2-1-3-12(14)10-19-9-11-5-7-13(8-6-11)20-15(17)18/h1-8,15,19H,9-10H2. The number of hydrogen-bond acceptors (Lipinski definition) is 2. The first-order chi connectivity index (χ1) is 9.65. The van der Waals surface area contributed by atoms with Crippen molar-refractivity contribution in [3.63, 3.8) is 0 Å². The minimum atomic E-state index is -2.82. The molecule has 0 saturated carbocycles. The molecule has 0 spiro atoms. The van der Waals surface area contributed by atoms with Crippen molar-refractivity contribution in [2.45, 2.75) is 19.7 Å². The van der Waals surface area contributed by atoms with Crippen LogP contribution in [0.15, 0.2) is 48.5 Å². The quantitative estimate of drug-likeness (QED) is 0.871. The van der Waals surface area contributed by atoms with Crippen molar-refractivity contribution in [1.82, 2.24) is 5.32 Å². The lowest BCUT2D eigenvalue weighted by atomic mass is 10.2. The zero-order valence-corrected chi connectivity index (χ0v) is 10.7. The highest BCUT2D eigenvalue weighted by Crippen LogP contribution is 2.15. The van der Waals surface area contributed by atoms with Gasteiger partial charge in [-0.1, -0.05) is 30.3 Å². The van der Waals surface area contributed by atoms with E-state index in [1.807, 2.05) is 0 Å². The van der Waals surface area contributed by atoms with Gasteiger partial charge in [0.1, 0.15) is 11.6 Å². The van der Waals surface area contributed by atoms with Gasteiger partial charge in [0.15, 0.2) is 0 Å². The Balaban J connectivity index is 1.84. The summed E-state index contributed by atoms with van der Waals surface area (Å²) in [4.78, 5) is 0. The van der Waals surface area contributed by atoms with Crippen LogP contribution in [0, 0.1) is 5.82 Å². The molecule has 2 nitrogen and oxygen atoms in total. The average molecular weight is 281 g/mol. The Labute approximate surface area is 115 Å². The largest absolute Gasteiger partial charge is 0.435 e. The molecule has 0 fully saturated rings. The molecule has 0 heterocycles. The Morgan fingerprint density at radius 3 is 2.30 bits per heavy atom. The zero-order valence-electron chi connectivity index (χ0n) is 10.7. The van der Waals surface area contributed by atoms with E-state index in [0.29, 0.717) is 18.7 Å². The molecule has 0 unspecified atom stereocenters. The lowest BCUT2D eigenvalue weighted by Gasteiger charge is -2.08. The van der Waals surface area contributed by atoms with Crippen LogP contribution in [0.5, 0.6) is 5.75 Å². The summed E-state index contributed by atoms with van der Waals surface area (Å²) in [6.45, 7) is -1.90. The molecule has 106 valence electrons. The molecule has 5 heteroatoms. The summed E-state index contributed by atoms with van der Waals surface area (Å²) in [5.74, 6) is -0.126. The van der Waals surface area contributed by atoms with Gasteiger partial charge < -0.3 is 10.1 Å². The van der Waals surface area contributed by atoms with E-state index >= 15 is 0 Å². The fraction of sp³-hybridized carbons (Fsp3) is 0.200. The summed E-state index contributed by atoms with van der Waals surface area (Å²) in [7, 11) is 0. The highest BCUT2D eigenvalue weighted by atomic mass is 19.3. The lowest BCUT2D eigenvalue weighted by Crippen LogP contribution is -2.13. The van der Waals surface area contributed by atoms with Gasteiger partial charge in [0, 0.05) is 18.7 Å². The normalized spacial score (nSPS) is 10.8. The van der Waals surface area contributed by atoms with Crippen LogP contribution in [0.4, 0.5) is 13.2 Å². The monoisotopic (exact) mass is 281 g/mol. The van der Waals surface area contributed by atoms with Crippen molar-refractivity contribution in [1.29, 1.82) is 0 Å². The molecule has 2 aromatic carbocycles. The van der Waals surface area contributed by atoms with Gasteiger partial charge in [-0.3, -0.25) is 0 Å². The Bertz CT molecular complexity index is 543. The van der Waals surface area contributed by atoms with Gasteiger partial charge >= 0.3 is 6.61 Å². The van der Waals surface area contributed by atoms with E-state index in [1.54, 1.807) is 30.3 Å². The van der Waals surface area contributed by atoms with Gasteiger partial charge in [-0.05, 0) is 23.8 Å². The Morgan fingerprint density at radius 2 is 1.65 bits per heavy atom. The SMILES string of the molecule is Fc1ccccc1CNCc1ccc(OC(F)F)cc1. The maximum absolute atomic E-state index is 13.4. The van der Waals surface area contributed by atoms with Crippen molar-refractivity contribution in [3.05, 3.63) is 65.5 Å². The van der Waals surface area contributed by atoms with E-state index < -0.39 is 6.61 Å². The maximum atomic E-state index is 13.4. The van der Waals surface area contributed by atoms with Crippen molar-refractivity contribution in [3.8, 4) is 5.75 Å². The van der Waals surface area contributed by atoms with Crippen LogP contribution in [0.2, 0.25) is 0 Å². The molecule has 0 radical (unpaired) electrons. The minimum Gasteiger partial charge on any atom is -0.435 e. The van der Waals surface area contributed by atoms with Gasteiger partial charge in [-0.2, -0.15) is 8.78 Å². The van der Waals surface area contributed by atoms with Crippen LogP contribution < -0.4 is 10.1 Å². The third-order valence-corrected chi connectivity index (χ3v) is 2.75. The molecule has 2 aromatic rings. The van der Waals surface area contributed by atoms with E-state index in [4.69, 9.17) is 0 Å². The second-order valence-corrected chi connectivity index (χ2v) is 4.22. The molecule has 0 aliphatic heterocycles. The number of benzene rings is 2. The average Bonchev–Trinajstić information content (AvgIpc) is 2.42. The molecule has 20 heavy (non-hydrogen) atoms. The van der Waals surface area contributed by atoms with E-state index in [0.717, 1.165) is 5.56 Å². The molecule has 0 aliphatic rings. The topological polar surface area (TPSA) is 21.3 Å². The van der Waals surface area contributed by atoms with E-state index in [1.165, 1.54) is 18.2 Å². The molecule has 2 rings (SSSR count). The van der Waals surface area contributed by atoms with Crippen molar-refractivity contribution < 1.29 is 17.9 Å². The summed E-state index contributed by atoms with van der Waals surface area (Å²) in [5.41, 5.74) is 1.49. The summed E-state index contributed by atoms with van der Waals surface area (Å²) in [5, 5.41) is 3.09. The molecule has 0 aromatic heterocycles. The lowest BCUT2D eigenvalue weighted by molar-refractivity contribution is -0.0498. The van der Waals surface area contributed by atoms with Crippen LogP contribution in [-0.4, -0.2) is 6.61 Å². The van der Waals surface area contributed by atoms with E-state index in [2.05, 4.69) is 10.1 Å². The predicted molar refractivity (Wildman–Crippen MR) is 70.0 cm³/mol. The summed E-state index contributed by atoms with van der Waals surface area (Å²) >= 11 is 0. The third kappa shape index (κ3) is 4.28. The van der Waals surface area contributed by atoms with Gasteiger partial charge in [-0.25, -0.2) is 4.39 Å². The number of hydrogen-bond donors (Lipinski definition) is 1. The first-order valence-corrected chi connectivity index (χ1v) is 6.13. The molecular formula is C15H14F3NO. The second kappa shape index (κ2) is 6.96. The summed E-state index contributed by atoms with van der Waals surface area (Å²) in [6, 6.07) is 12.9. The second-order valence-electron chi connectivity index (χ2n) is 4.22. The van der Waals surface area contributed by atoms with E-state index in [-0.39, 0.29) is 11.6 Å². The first-order valence-electron chi connectivity index (χ1n) is 6.13. The van der Waals surface area contributed by atoms with Gasteiger partial charge in [0.25, 0.3) is 0 Å². The number of rotatable bonds is 6. The smallest absolute Gasteiger partial charge is 0.387 e. The molecule has 0 atom stereocenters. The summed E-state index contributed by atoms with van der Waals surface area (Å²) in [6.07, 6.45) is 0. The fourth-order valence-electron chi connectivity index (χ4n) is 1.77. The Hall–Kier alpha value is -2.01.